The van der Waals surface area contributed by atoms with Crippen LogP contribution in [0.15, 0.2) is 24.5 Å². The van der Waals surface area contributed by atoms with Crippen molar-refractivity contribution in [1.82, 2.24) is 10.2 Å². The van der Waals surface area contributed by atoms with Crippen molar-refractivity contribution in [3.8, 4) is 0 Å². The fourth-order valence-electron chi connectivity index (χ4n) is 1.49. The SMILES string of the molecule is CC(=O)Nc1cc2cnncc2cc1C. The van der Waals surface area contributed by atoms with Gasteiger partial charge in [0.05, 0.1) is 12.4 Å². The van der Waals surface area contributed by atoms with Crippen LogP contribution in [0.5, 0.6) is 0 Å². The second kappa shape index (κ2) is 3.65. The molecule has 0 bridgehead atoms. The molecule has 0 spiro atoms. The van der Waals surface area contributed by atoms with Crippen LogP contribution in [-0.4, -0.2) is 16.1 Å². The summed E-state index contributed by atoms with van der Waals surface area (Å²) in [7, 11) is 0. The van der Waals surface area contributed by atoms with E-state index in [4.69, 9.17) is 0 Å². The van der Waals surface area contributed by atoms with Crippen LogP contribution in [-0.2, 0) is 4.79 Å². The lowest BCUT2D eigenvalue weighted by Gasteiger charge is -2.07. The first-order chi connectivity index (χ1) is 7.16. The Balaban J connectivity index is 2.56. The fraction of sp³-hybridized carbons (Fsp3) is 0.182. The minimum Gasteiger partial charge on any atom is -0.326 e. The lowest BCUT2D eigenvalue weighted by molar-refractivity contribution is -0.114. The Labute approximate surface area is 87.3 Å². The molecule has 1 amide bonds. The van der Waals surface area contributed by atoms with E-state index < -0.39 is 0 Å². The Morgan fingerprint density at radius 3 is 2.40 bits per heavy atom. The second-order valence-electron chi connectivity index (χ2n) is 3.47. The maximum absolute atomic E-state index is 11.0. The number of carbonyl (C=O) groups excluding carboxylic acids is 1. The van der Waals surface area contributed by atoms with Gasteiger partial charge in [0, 0.05) is 23.4 Å². The van der Waals surface area contributed by atoms with E-state index >= 15 is 0 Å². The van der Waals surface area contributed by atoms with Crippen molar-refractivity contribution >= 4 is 22.4 Å². The molecule has 15 heavy (non-hydrogen) atoms. The first kappa shape index (κ1) is 9.58. The maximum atomic E-state index is 11.0. The zero-order valence-corrected chi connectivity index (χ0v) is 8.61. The Morgan fingerprint density at radius 2 is 1.80 bits per heavy atom. The molecule has 1 aromatic heterocycles. The van der Waals surface area contributed by atoms with E-state index in [-0.39, 0.29) is 5.91 Å². The van der Waals surface area contributed by atoms with E-state index in [2.05, 4.69) is 15.5 Å². The fourth-order valence-corrected chi connectivity index (χ4v) is 1.49. The van der Waals surface area contributed by atoms with Gasteiger partial charge in [0.1, 0.15) is 0 Å². The van der Waals surface area contributed by atoms with Crippen molar-refractivity contribution in [3.63, 3.8) is 0 Å². The zero-order valence-electron chi connectivity index (χ0n) is 8.61. The van der Waals surface area contributed by atoms with E-state index in [1.54, 1.807) is 12.4 Å². The summed E-state index contributed by atoms with van der Waals surface area (Å²) in [6, 6.07) is 3.88. The summed E-state index contributed by atoms with van der Waals surface area (Å²) in [5, 5.41) is 12.4. The highest BCUT2D eigenvalue weighted by Gasteiger charge is 2.02. The number of nitrogens with zero attached hydrogens (tertiary/aromatic N) is 2. The number of nitrogens with one attached hydrogen (secondary N) is 1. The molecule has 2 rings (SSSR count). The van der Waals surface area contributed by atoms with Crippen LogP contribution < -0.4 is 5.32 Å². The smallest absolute Gasteiger partial charge is 0.221 e. The number of carbonyl (C=O) groups is 1. The van der Waals surface area contributed by atoms with Gasteiger partial charge in [0.15, 0.2) is 0 Å². The summed E-state index contributed by atoms with van der Waals surface area (Å²) in [5.41, 5.74) is 1.84. The Bertz CT molecular complexity index is 522. The Hall–Kier alpha value is -1.97. The van der Waals surface area contributed by atoms with E-state index in [0.717, 1.165) is 22.0 Å². The number of hydrogen-bond donors (Lipinski definition) is 1. The molecule has 76 valence electrons. The van der Waals surface area contributed by atoms with E-state index in [1.165, 1.54) is 6.92 Å². The first-order valence-electron chi connectivity index (χ1n) is 4.65. The largest absolute Gasteiger partial charge is 0.326 e. The van der Waals surface area contributed by atoms with Crippen molar-refractivity contribution in [1.29, 1.82) is 0 Å². The van der Waals surface area contributed by atoms with Crippen LogP contribution in [0.25, 0.3) is 10.8 Å². The van der Waals surface area contributed by atoms with Gasteiger partial charge in [-0.2, -0.15) is 10.2 Å². The Kier molecular flexibility index (Phi) is 2.33. The molecular formula is C11H11N3O. The van der Waals surface area contributed by atoms with Crippen LogP contribution in [0.1, 0.15) is 12.5 Å². The highest BCUT2D eigenvalue weighted by Crippen LogP contribution is 2.22. The van der Waals surface area contributed by atoms with E-state index in [0.29, 0.717) is 0 Å². The number of aromatic nitrogens is 2. The number of aryl methyl sites for hydroxylation is 1. The van der Waals surface area contributed by atoms with Crippen molar-refractivity contribution in [3.05, 3.63) is 30.1 Å². The minimum atomic E-state index is -0.0699. The highest BCUT2D eigenvalue weighted by atomic mass is 16.1. The lowest BCUT2D eigenvalue weighted by atomic mass is 10.1. The van der Waals surface area contributed by atoms with Gasteiger partial charge in [-0.05, 0) is 24.6 Å². The van der Waals surface area contributed by atoms with Gasteiger partial charge in [-0.15, -0.1) is 0 Å². The molecule has 0 atom stereocenters. The number of amides is 1. The first-order valence-corrected chi connectivity index (χ1v) is 4.65. The van der Waals surface area contributed by atoms with Gasteiger partial charge < -0.3 is 5.32 Å². The molecule has 0 saturated heterocycles. The molecule has 4 heteroatoms. The molecule has 0 aliphatic rings. The van der Waals surface area contributed by atoms with Crippen LogP contribution >= 0.6 is 0 Å². The monoisotopic (exact) mass is 201 g/mol. The van der Waals surface area contributed by atoms with Crippen LogP contribution in [0.2, 0.25) is 0 Å². The number of hydrogen-bond acceptors (Lipinski definition) is 3. The Morgan fingerprint density at radius 1 is 1.20 bits per heavy atom. The number of fused-ring (bicyclic) bond motifs is 1. The van der Waals surface area contributed by atoms with E-state index in [1.807, 2.05) is 19.1 Å². The summed E-state index contributed by atoms with van der Waals surface area (Å²) in [5.74, 6) is -0.0699. The standard InChI is InChI=1S/C11H11N3O/c1-7-3-9-5-12-13-6-10(9)4-11(7)14-8(2)15/h3-6H,1-2H3,(H,14,15). The summed E-state index contributed by atoms with van der Waals surface area (Å²) in [4.78, 5) is 11.0. The molecule has 0 fully saturated rings. The average Bonchev–Trinajstić information content (AvgIpc) is 2.18. The lowest BCUT2D eigenvalue weighted by Crippen LogP contribution is -2.07. The quantitative estimate of drug-likeness (QED) is 0.766. The van der Waals surface area contributed by atoms with Crippen molar-refractivity contribution in [2.24, 2.45) is 0 Å². The van der Waals surface area contributed by atoms with Gasteiger partial charge >= 0.3 is 0 Å². The number of benzene rings is 1. The third-order valence-electron chi connectivity index (χ3n) is 2.20. The predicted molar refractivity (Wildman–Crippen MR) is 58.6 cm³/mol. The number of anilines is 1. The minimum absolute atomic E-state index is 0.0699. The molecule has 2 aromatic rings. The van der Waals surface area contributed by atoms with Gasteiger partial charge in [0.25, 0.3) is 0 Å². The molecule has 4 nitrogen and oxygen atoms in total. The predicted octanol–water partition coefficient (Wildman–Crippen LogP) is 1.90. The highest BCUT2D eigenvalue weighted by molar-refractivity contribution is 5.94. The molecule has 0 saturated carbocycles. The molecule has 1 N–H and O–H groups in total. The van der Waals surface area contributed by atoms with Crippen molar-refractivity contribution in [2.75, 3.05) is 5.32 Å². The number of rotatable bonds is 1. The van der Waals surface area contributed by atoms with Gasteiger partial charge in [-0.1, -0.05) is 0 Å². The summed E-state index contributed by atoms with van der Waals surface area (Å²) in [6.45, 7) is 3.44. The molecule has 0 unspecified atom stereocenters. The molecule has 1 aromatic carbocycles. The van der Waals surface area contributed by atoms with Gasteiger partial charge in [0.2, 0.25) is 5.91 Å². The molecule has 1 heterocycles. The normalized spacial score (nSPS) is 10.3. The summed E-state index contributed by atoms with van der Waals surface area (Å²) in [6.07, 6.45) is 3.39. The van der Waals surface area contributed by atoms with Crippen molar-refractivity contribution in [2.45, 2.75) is 13.8 Å². The van der Waals surface area contributed by atoms with Crippen LogP contribution in [0.4, 0.5) is 5.69 Å². The average molecular weight is 201 g/mol. The van der Waals surface area contributed by atoms with E-state index in [9.17, 15) is 4.79 Å². The van der Waals surface area contributed by atoms with Gasteiger partial charge in [-0.3, -0.25) is 4.79 Å². The molecule has 0 aliphatic carbocycles. The summed E-state index contributed by atoms with van der Waals surface area (Å²) >= 11 is 0. The molecule has 0 aliphatic heterocycles. The molecular weight excluding hydrogens is 190 g/mol. The van der Waals surface area contributed by atoms with Crippen molar-refractivity contribution < 1.29 is 4.79 Å². The van der Waals surface area contributed by atoms with Crippen LogP contribution in [0.3, 0.4) is 0 Å². The van der Waals surface area contributed by atoms with Gasteiger partial charge in [-0.25, -0.2) is 0 Å². The maximum Gasteiger partial charge on any atom is 0.221 e. The third kappa shape index (κ3) is 1.93. The van der Waals surface area contributed by atoms with Crippen LogP contribution in [0, 0.1) is 6.92 Å². The zero-order chi connectivity index (χ0) is 10.8. The molecule has 0 radical (unpaired) electrons. The topological polar surface area (TPSA) is 54.9 Å². The summed E-state index contributed by atoms with van der Waals surface area (Å²) < 4.78 is 0. The second-order valence-corrected chi connectivity index (χ2v) is 3.47. The third-order valence-corrected chi connectivity index (χ3v) is 2.20.